The third-order valence-electron chi connectivity index (χ3n) is 3.43. The molecule has 0 N–H and O–H groups in total. The average Bonchev–Trinajstić information content (AvgIpc) is 2.96. The van der Waals surface area contributed by atoms with Gasteiger partial charge in [0, 0.05) is 25.0 Å². The molecule has 2 rings (SSSR count). The number of morpholine rings is 1. The summed E-state index contributed by atoms with van der Waals surface area (Å²) in [7, 11) is 0. The lowest BCUT2D eigenvalue weighted by Gasteiger charge is -2.32. The van der Waals surface area contributed by atoms with Crippen molar-refractivity contribution in [1.82, 2.24) is 4.90 Å². The minimum Gasteiger partial charge on any atom is -0.379 e. The van der Waals surface area contributed by atoms with E-state index in [0.29, 0.717) is 5.41 Å². The second-order valence-electron chi connectivity index (χ2n) is 6.29. The van der Waals surface area contributed by atoms with Gasteiger partial charge in [-0.1, -0.05) is 0 Å². The molecule has 0 atom stereocenters. The number of hydrogen-bond donors (Lipinski definition) is 0. The topological polar surface area (TPSA) is 21.7 Å². The van der Waals surface area contributed by atoms with Gasteiger partial charge in [-0.25, -0.2) is 0 Å². The molecule has 94 valence electrons. The normalized spacial score (nSPS) is 25.7. The minimum absolute atomic E-state index is 0.000595. The predicted octanol–water partition coefficient (Wildman–Crippen LogP) is 1.91. The fraction of sp³-hybridized carbons (Fsp3) is 1.00. The van der Waals surface area contributed by atoms with E-state index in [4.69, 9.17) is 9.47 Å². The van der Waals surface area contributed by atoms with Crippen LogP contribution in [-0.4, -0.2) is 50.0 Å². The largest absolute Gasteiger partial charge is 0.379 e. The molecule has 1 aliphatic heterocycles. The average molecular weight is 227 g/mol. The van der Waals surface area contributed by atoms with Crippen LogP contribution < -0.4 is 0 Å². The van der Waals surface area contributed by atoms with E-state index in [9.17, 15) is 0 Å². The summed E-state index contributed by atoms with van der Waals surface area (Å²) >= 11 is 0. The van der Waals surface area contributed by atoms with Crippen molar-refractivity contribution in [3.05, 3.63) is 0 Å². The van der Waals surface area contributed by atoms with Crippen molar-refractivity contribution in [2.24, 2.45) is 5.41 Å². The van der Waals surface area contributed by atoms with Gasteiger partial charge in [0.05, 0.1) is 25.4 Å². The first-order valence-electron chi connectivity index (χ1n) is 6.43. The molecule has 0 aromatic carbocycles. The van der Waals surface area contributed by atoms with Crippen LogP contribution in [0.1, 0.15) is 33.6 Å². The number of nitrogens with zero attached hydrogens (tertiary/aromatic N) is 1. The molecule has 2 aliphatic rings. The van der Waals surface area contributed by atoms with Crippen LogP contribution in [0.3, 0.4) is 0 Å². The summed E-state index contributed by atoms with van der Waals surface area (Å²) in [6.45, 7) is 12.5. The highest BCUT2D eigenvalue weighted by atomic mass is 16.5. The number of rotatable bonds is 4. The van der Waals surface area contributed by atoms with Gasteiger partial charge in [-0.05, 0) is 33.6 Å². The van der Waals surface area contributed by atoms with Crippen LogP contribution in [0.25, 0.3) is 0 Å². The number of ether oxygens (including phenoxy) is 2. The quantitative estimate of drug-likeness (QED) is 0.732. The molecule has 0 spiro atoms. The van der Waals surface area contributed by atoms with E-state index >= 15 is 0 Å². The lowest BCUT2D eigenvalue weighted by Crippen LogP contribution is -2.41. The van der Waals surface area contributed by atoms with E-state index in [1.165, 1.54) is 19.4 Å². The van der Waals surface area contributed by atoms with Crippen LogP contribution in [0.15, 0.2) is 0 Å². The van der Waals surface area contributed by atoms with Gasteiger partial charge in [0.2, 0.25) is 0 Å². The Morgan fingerprint density at radius 3 is 2.31 bits per heavy atom. The van der Waals surface area contributed by atoms with Gasteiger partial charge in [0.1, 0.15) is 0 Å². The molecule has 3 nitrogen and oxygen atoms in total. The van der Waals surface area contributed by atoms with Crippen molar-refractivity contribution >= 4 is 0 Å². The van der Waals surface area contributed by atoms with Crippen molar-refractivity contribution in [2.75, 3.05) is 39.5 Å². The lowest BCUT2D eigenvalue weighted by molar-refractivity contribution is -0.0416. The second-order valence-corrected chi connectivity index (χ2v) is 6.29. The summed E-state index contributed by atoms with van der Waals surface area (Å²) < 4.78 is 11.3. The summed E-state index contributed by atoms with van der Waals surface area (Å²) in [5.41, 5.74) is 0.464. The van der Waals surface area contributed by atoms with E-state index < -0.39 is 0 Å². The van der Waals surface area contributed by atoms with Crippen LogP contribution in [-0.2, 0) is 9.47 Å². The standard InChI is InChI=1S/C13H25NO2/c1-12(2,3)16-11-13(4-5-13)10-14-6-8-15-9-7-14/h4-11H2,1-3H3. The zero-order chi connectivity index (χ0) is 11.6. The van der Waals surface area contributed by atoms with E-state index in [-0.39, 0.29) is 5.60 Å². The zero-order valence-electron chi connectivity index (χ0n) is 10.9. The smallest absolute Gasteiger partial charge is 0.0598 e. The summed E-state index contributed by atoms with van der Waals surface area (Å²) in [5.74, 6) is 0. The van der Waals surface area contributed by atoms with Gasteiger partial charge < -0.3 is 9.47 Å². The molecule has 0 radical (unpaired) electrons. The van der Waals surface area contributed by atoms with Crippen molar-refractivity contribution in [3.8, 4) is 0 Å². The molecule has 3 heteroatoms. The molecule has 1 saturated carbocycles. The van der Waals surface area contributed by atoms with Crippen LogP contribution in [0.4, 0.5) is 0 Å². The van der Waals surface area contributed by atoms with Crippen molar-refractivity contribution in [2.45, 2.75) is 39.2 Å². The second kappa shape index (κ2) is 4.63. The summed E-state index contributed by atoms with van der Waals surface area (Å²) in [4.78, 5) is 2.53. The van der Waals surface area contributed by atoms with E-state index in [2.05, 4.69) is 25.7 Å². The molecule has 1 heterocycles. The molecule has 0 aromatic rings. The maximum Gasteiger partial charge on any atom is 0.0598 e. The van der Waals surface area contributed by atoms with Crippen LogP contribution in [0, 0.1) is 5.41 Å². The van der Waals surface area contributed by atoms with Crippen LogP contribution >= 0.6 is 0 Å². The Hall–Kier alpha value is -0.120. The maximum atomic E-state index is 5.94. The Labute approximate surface area is 99.1 Å². The first-order valence-corrected chi connectivity index (χ1v) is 6.43. The highest BCUT2D eigenvalue weighted by Gasteiger charge is 2.44. The fourth-order valence-electron chi connectivity index (χ4n) is 2.13. The van der Waals surface area contributed by atoms with Crippen LogP contribution in [0.5, 0.6) is 0 Å². The monoisotopic (exact) mass is 227 g/mol. The third-order valence-corrected chi connectivity index (χ3v) is 3.43. The summed E-state index contributed by atoms with van der Waals surface area (Å²) in [6.07, 6.45) is 2.67. The zero-order valence-corrected chi connectivity index (χ0v) is 10.9. The first kappa shape index (κ1) is 12.3. The van der Waals surface area contributed by atoms with Gasteiger partial charge >= 0.3 is 0 Å². The molecule has 0 unspecified atom stereocenters. The molecule has 0 aromatic heterocycles. The van der Waals surface area contributed by atoms with E-state index in [1.807, 2.05) is 0 Å². The molecule has 1 aliphatic carbocycles. The summed E-state index contributed by atoms with van der Waals surface area (Å²) in [5, 5.41) is 0. The Morgan fingerprint density at radius 2 is 1.81 bits per heavy atom. The van der Waals surface area contributed by atoms with Gasteiger partial charge in [-0.2, -0.15) is 0 Å². The van der Waals surface area contributed by atoms with Gasteiger partial charge in [0.25, 0.3) is 0 Å². The molecule has 0 amide bonds. The Kier molecular flexibility index (Phi) is 3.57. The maximum absolute atomic E-state index is 5.94. The molecule has 16 heavy (non-hydrogen) atoms. The first-order chi connectivity index (χ1) is 7.49. The summed E-state index contributed by atoms with van der Waals surface area (Å²) in [6, 6.07) is 0. The SMILES string of the molecule is CC(C)(C)OCC1(CN2CCOCC2)CC1. The Morgan fingerprint density at radius 1 is 1.19 bits per heavy atom. The van der Waals surface area contributed by atoms with Crippen LogP contribution in [0.2, 0.25) is 0 Å². The van der Waals surface area contributed by atoms with Gasteiger partial charge in [0.15, 0.2) is 0 Å². The molecule has 2 fully saturated rings. The number of hydrogen-bond acceptors (Lipinski definition) is 3. The predicted molar refractivity (Wildman–Crippen MR) is 64.6 cm³/mol. The third kappa shape index (κ3) is 3.72. The van der Waals surface area contributed by atoms with Crippen molar-refractivity contribution in [1.29, 1.82) is 0 Å². The molecular weight excluding hydrogens is 202 g/mol. The molecule has 1 saturated heterocycles. The highest BCUT2D eigenvalue weighted by molar-refractivity contribution is 4.96. The lowest BCUT2D eigenvalue weighted by atomic mass is 10.1. The molecular formula is C13H25NO2. The Balaban J connectivity index is 1.75. The fourth-order valence-corrected chi connectivity index (χ4v) is 2.13. The van der Waals surface area contributed by atoms with Crippen molar-refractivity contribution in [3.63, 3.8) is 0 Å². The van der Waals surface area contributed by atoms with E-state index in [1.54, 1.807) is 0 Å². The minimum atomic E-state index is 0.000595. The molecule has 0 bridgehead atoms. The van der Waals surface area contributed by atoms with Gasteiger partial charge in [-0.3, -0.25) is 4.90 Å². The Bertz CT molecular complexity index is 225. The highest BCUT2D eigenvalue weighted by Crippen LogP contribution is 2.47. The van der Waals surface area contributed by atoms with E-state index in [0.717, 1.165) is 32.9 Å². The van der Waals surface area contributed by atoms with Crippen molar-refractivity contribution < 1.29 is 9.47 Å². The van der Waals surface area contributed by atoms with Gasteiger partial charge in [-0.15, -0.1) is 0 Å².